The molecule has 1 fully saturated rings. The molecular formula is C18H21N3O. The Hall–Kier alpha value is -2.10. The molecule has 2 aromatic heterocycles. The van der Waals surface area contributed by atoms with Gasteiger partial charge >= 0.3 is 0 Å². The Labute approximate surface area is 130 Å². The predicted octanol–water partition coefficient (Wildman–Crippen LogP) is 3.31. The van der Waals surface area contributed by atoms with E-state index in [4.69, 9.17) is 0 Å². The van der Waals surface area contributed by atoms with E-state index in [1.165, 1.54) is 32.1 Å². The lowest BCUT2D eigenvalue weighted by Crippen LogP contribution is -2.46. The zero-order valence-corrected chi connectivity index (χ0v) is 12.6. The van der Waals surface area contributed by atoms with Crippen LogP contribution in [0.15, 0.2) is 30.6 Å². The third-order valence-corrected chi connectivity index (χ3v) is 5.09. The van der Waals surface area contributed by atoms with Crippen LogP contribution in [0.2, 0.25) is 0 Å². The standard InChI is InChI=1S/C18H21N3O/c22-18-14-10-15(13-6-8-19-9-7-13)20-17(14)11-16(21-18)12-4-2-1-3-5-12/h6-10,12,16,20H,1-5,11H2,(H,21,22). The fourth-order valence-corrected chi connectivity index (χ4v) is 3.89. The number of rotatable bonds is 2. The van der Waals surface area contributed by atoms with Gasteiger partial charge in [0.2, 0.25) is 0 Å². The summed E-state index contributed by atoms with van der Waals surface area (Å²) in [6.07, 6.45) is 10.9. The average molecular weight is 295 g/mol. The topological polar surface area (TPSA) is 57.8 Å². The fourth-order valence-electron chi connectivity index (χ4n) is 3.89. The minimum atomic E-state index is 0.0772. The molecule has 114 valence electrons. The molecule has 1 amide bonds. The minimum Gasteiger partial charge on any atom is -0.358 e. The molecule has 4 rings (SSSR count). The van der Waals surface area contributed by atoms with Gasteiger partial charge in [-0.1, -0.05) is 19.3 Å². The molecule has 1 aliphatic carbocycles. The molecule has 2 aliphatic rings. The number of amides is 1. The van der Waals surface area contributed by atoms with Crippen molar-refractivity contribution in [2.45, 2.75) is 44.6 Å². The summed E-state index contributed by atoms with van der Waals surface area (Å²) in [5.74, 6) is 0.715. The van der Waals surface area contributed by atoms with Gasteiger partial charge in [-0.05, 0) is 37.0 Å². The summed E-state index contributed by atoms with van der Waals surface area (Å²) in [5.41, 5.74) is 3.98. The molecule has 0 bridgehead atoms. The van der Waals surface area contributed by atoms with Crippen LogP contribution in [0.4, 0.5) is 0 Å². The third-order valence-electron chi connectivity index (χ3n) is 5.09. The van der Waals surface area contributed by atoms with Crippen LogP contribution in [0.1, 0.15) is 48.2 Å². The van der Waals surface area contributed by atoms with Gasteiger partial charge < -0.3 is 10.3 Å². The lowest BCUT2D eigenvalue weighted by atomic mass is 9.80. The SMILES string of the molecule is O=C1NC(C2CCCCC2)Cc2[nH]c(-c3ccncc3)cc21. The highest BCUT2D eigenvalue weighted by Gasteiger charge is 2.32. The van der Waals surface area contributed by atoms with Crippen molar-refractivity contribution in [3.05, 3.63) is 41.9 Å². The number of hydrogen-bond donors (Lipinski definition) is 2. The number of aromatic amines is 1. The minimum absolute atomic E-state index is 0.0772. The Kier molecular flexibility index (Phi) is 3.45. The lowest BCUT2D eigenvalue weighted by molar-refractivity contribution is 0.0896. The van der Waals surface area contributed by atoms with Crippen molar-refractivity contribution in [2.75, 3.05) is 0 Å². The number of fused-ring (bicyclic) bond motifs is 1. The molecule has 1 saturated carbocycles. The van der Waals surface area contributed by atoms with Gasteiger partial charge in [0, 0.05) is 41.8 Å². The van der Waals surface area contributed by atoms with Gasteiger partial charge in [-0.3, -0.25) is 9.78 Å². The molecule has 0 radical (unpaired) electrons. The maximum absolute atomic E-state index is 12.4. The maximum atomic E-state index is 12.4. The summed E-state index contributed by atoms with van der Waals surface area (Å²) in [5, 5.41) is 3.24. The van der Waals surface area contributed by atoms with Crippen molar-refractivity contribution in [2.24, 2.45) is 5.92 Å². The van der Waals surface area contributed by atoms with Crippen molar-refractivity contribution < 1.29 is 4.79 Å². The van der Waals surface area contributed by atoms with Crippen LogP contribution in [0, 0.1) is 5.92 Å². The van der Waals surface area contributed by atoms with Crippen molar-refractivity contribution in [1.82, 2.24) is 15.3 Å². The highest BCUT2D eigenvalue weighted by molar-refractivity contribution is 5.98. The van der Waals surface area contributed by atoms with Crippen LogP contribution in [-0.2, 0) is 6.42 Å². The van der Waals surface area contributed by atoms with E-state index in [1.54, 1.807) is 12.4 Å². The van der Waals surface area contributed by atoms with Crippen molar-refractivity contribution in [3.63, 3.8) is 0 Å². The maximum Gasteiger partial charge on any atom is 0.253 e. The van der Waals surface area contributed by atoms with Gasteiger partial charge in [0.15, 0.2) is 0 Å². The first-order valence-electron chi connectivity index (χ1n) is 8.24. The molecule has 1 unspecified atom stereocenters. The van der Waals surface area contributed by atoms with Gasteiger partial charge in [0.25, 0.3) is 5.91 Å². The molecule has 2 aromatic rings. The molecule has 0 saturated heterocycles. The highest BCUT2D eigenvalue weighted by Crippen LogP contribution is 2.32. The molecule has 3 heterocycles. The quantitative estimate of drug-likeness (QED) is 0.893. The first kappa shape index (κ1) is 13.6. The van der Waals surface area contributed by atoms with Crippen LogP contribution >= 0.6 is 0 Å². The largest absolute Gasteiger partial charge is 0.358 e. The lowest BCUT2D eigenvalue weighted by Gasteiger charge is -2.33. The first-order valence-corrected chi connectivity index (χ1v) is 8.24. The Balaban J connectivity index is 1.61. The van der Waals surface area contributed by atoms with E-state index in [9.17, 15) is 4.79 Å². The number of H-pyrrole nitrogens is 1. The summed E-state index contributed by atoms with van der Waals surface area (Å²) >= 11 is 0. The van der Waals surface area contributed by atoms with Gasteiger partial charge in [0.05, 0.1) is 5.56 Å². The molecule has 0 aromatic carbocycles. The van der Waals surface area contributed by atoms with Crippen molar-refractivity contribution in [1.29, 1.82) is 0 Å². The second kappa shape index (κ2) is 5.59. The molecule has 2 N–H and O–H groups in total. The monoisotopic (exact) mass is 295 g/mol. The van der Waals surface area contributed by atoms with Crippen molar-refractivity contribution >= 4 is 5.91 Å². The Morgan fingerprint density at radius 1 is 1.09 bits per heavy atom. The number of carbonyl (C=O) groups excluding carboxylic acids is 1. The Morgan fingerprint density at radius 3 is 2.64 bits per heavy atom. The second-order valence-electron chi connectivity index (χ2n) is 6.49. The van der Waals surface area contributed by atoms with E-state index in [0.717, 1.165) is 28.9 Å². The smallest absolute Gasteiger partial charge is 0.253 e. The normalized spacial score (nSPS) is 22.2. The van der Waals surface area contributed by atoms with E-state index < -0.39 is 0 Å². The van der Waals surface area contributed by atoms with E-state index in [0.29, 0.717) is 12.0 Å². The Bertz CT molecular complexity index is 671. The number of carbonyl (C=O) groups is 1. The van der Waals surface area contributed by atoms with Crippen LogP contribution in [-0.4, -0.2) is 21.9 Å². The van der Waals surface area contributed by atoms with Gasteiger partial charge in [-0.15, -0.1) is 0 Å². The number of pyridine rings is 1. The second-order valence-corrected chi connectivity index (χ2v) is 6.49. The fraction of sp³-hybridized carbons (Fsp3) is 0.444. The van der Waals surface area contributed by atoms with E-state index >= 15 is 0 Å². The van der Waals surface area contributed by atoms with Crippen LogP contribution < -0.4 is 5.32 Å². The van der Waals surface area contributed by atoms with E-state index in [1.807, 2.05) is 18.2 Å². The van der Waals surface area contributed by atoms with Gasteiger partial charge in [-0.25, -0.2) is 0 Å². The zero-order valence-electron chi connectivity index (χ0n) is 12.6. The van der Waals surface area contributed by atoms with E-state index in [2.05, 4.69) is 15.3 Å². The van der Waals surface area contributed by atoms with Crippen molar-refractivity contribution in [3.8, 4) is 11.3 Å². The zero-order chi connectivity index (χ0) is 14.9. The van der Waals surface area contributed by atoms with Crippen LogP contribution in [0.3, 0.4) is 0 Å². The third kappa shape index (κ3) is 2.43. The molecule has 4 heteroatoms. The highest BCUT2D eigenvalue weighted by atomic mass is 16.1. The van der Waals surface area contributed by atoms with Gasteiger partial charge in [-0.2, -0.15) is 0 Å². The molecule has 0 spiro atoms. The average Bonchev–Trinajstić information content (AvgIpc) is 3.01. The summed E-state index contributed by atoms with van der Waals surface area (Å²) in [4.78, 5) is 19.9. The van der Waals surface area contributed by atoms with Crippen LogP contribution in [0.25, 0.3) is 11.3 Å². The Morgan fingerprint density at radius 2 is 1.86 bits per heavy atom. The molecule has 22 heavy (non-hydrogen) atoms. The van der Waals surface area contributed by atoms with Gasteiger partial charge in [0.1, 0.15) is 0 Å². The van der Waals surface area contributed by atoms with Crippen LogP contribution in [0.5, 0.6) is 0 Å². The molecule has 1 atom stereocenters. The summed E-state index contributed by atoms with van der Waals surface area (Å²) in [7, 11) is 0. The predicted molar refractivity (Wildman–Crippen MR) is 85.6 cm³/mol. The number of hydrogen-bond acceptors (Lipinski definition) is 2. The molecule has 4 nitrogen and oxygen atoms in total. The first-order chi connectivity index (χ1) is 10.8. The number of nitrogens with one attached hydrogen (secondary N) is 2. The number of aromatic nitrogens is 2. The molecule has 1 aliphatic heterocycles. The van der Waals surface area contributed by atoms with E-state index in [-0.39, 0.29) is 5.91 Å². The summed E-state index contributed by atoms with van der Waals surface area (Å²) < 4.78 is 0. The summed E-state index contributed by atoms with van der Waals surface area (Å²) in [6.45, 7) is 0. The summed E-state index contributed by atoms with van der Waals surface area (Å²) in [6, 6.07) is 6.20. The number of nitrogens with zero attached hydrogens (tertiary/aromatic N) is 1. The molecular weight excluding hydrogens is 274 g/mol.